The number of rotatable bonds is 4. The second-order valence-corrected chi connectivity index (χ2v) is 9.27. The Labute approximate surface area is 170 Å². The van der Waals surface area contributed by atoms with Crippen LogP contribution >= 0.6 is 27.5 Å². The number of methoxy groups -OCH3 is 1. The first-order valence-corrected chi connectivity index (χ1v) is 10.4. The summed E-state index contributed by atoms with van der Waals surface area (Å²) >= 11 is 9.46. The zero-order chi connectivity index (χ0) is 20.0. The van der Waals surface area contributed by atoms with Gasteiger partial charge in [-0.1, -0.05) is 27.5 Å². The Morgan fingerprint density at radius 3 is 2.63 bits per heavy atom. The highest BCUT2D eigenvalue weighted by atomic mass is 79.9. The van der Waals surface area contributed by atoms with Crippen molar-refractivity contribution >= 4 is 54.8 Å². The lowest BCUT2D eigenvalue weighted by Gasteiger charge is -2.32. The van der Waals surface area contributed by atoms with E-state index in [2.05, 4.69) is 26.0 Å². The molecule has 144 valence electrons. The van der Waals surface area contributed by atoms with E-state index in [-0.39, 0.29) is 27.3 Å². The summed E-state index contributed by atoms with van der Waals surface area (Å²) in [6, 6.07) is 7.49. The van der Waals surface area contributed by atoms with E-state index in [1.807, 2.05) is 0 Å². The van der Waals surface area contributed by atoms with Crippen LogP contribution in [0.3, 0.4) is 0 Å². The standard InChI is InChI=1S/C17H16BrClN2O5S/c1-17(2)16(22)20-12-7-10(19)11(8-14(12)26-17)21-27(23,24)15-6-9(18)4-5-13(15)25-3/h4-8,21H,1-3H3,(H,20,22). The van der Waals surface area contributed by atoms with Crippen molar-refractivity contribution in [1.82, 2.24) is 0 Å². The number of carbonyl (C=O) groups excluding carboxylic acids is 1. The van der Waals surface area contributed by atoms with E-state index in [0.29, 0.717) is 15.9 Å². The first-order chi connectivity index (χ1) is 12.5. The van der Waals surface area contributed by atoms with Crippen LogP contribution in [0.2, 0.25) is 5.02 Å². The smallest absolute Gasteiger partial charge is 0.268 e. The van der Waals surface area contributed by atoms with Gasteiger partial charge in [0.05, 0.1) is 23.5 Å². The van der Waals surface area contributed by atoms with Crippen molar-refractivity contribution in [3.63, 3.8) is 0 Å². The molecule has 0 aromatic heterocycles. The highest BCUT2D eigenvalue weighted by molar-refractivity contribution is 9.10. The summed E-state index contributed by atoms with van der Waals surface area (Å²) in [6.45, 7) is 3.21. The predicted octanol–water partition coefficient (Wildman–Crippen LogP) is 4.02. The van der Waals surface area contributed by atoms with Crippen LogP contribution in [0.4, 0.5) is 11.4 Å². The van der Waals surface area contributed by atoms with Gasteiger partial charge in [0.2, 0.25) is 0 Å². The molecule has 1 amide bonds. The number of sulfonamides is 1. The monoisotopic (exact) mass is 474 g/mol. The van der Waals surface area contributed by atoms with Gasteiger partial charge in [-0.2, -0.15) is 0 Å². The molecule has 3 rings (SSSR count). The maximum absolute atomic E-state index is 12.9. The summed E-state index contributed by atoms with van der Waals surface area (Å²) in [7, 11) is -2.62. The number of hydrogen-bond donors (Lipinski definition) is 2. The first-order valence-electron chi connectivity index (χ1n) is 7.74. The fourth-order valence-corrected chi connectivity index (χ4v) is 4.51. The van der Waals surface area contributed by atoms with Gasteiger partial charge in [-0.25, -0.2) is 8.42 Å². The Hall–Kier alpha value is -1.97. The molecule has 10 heteroatoms. The molecule has 2 aromatic rings. The lowest BCUT2D eigenvalue weighted by Crippen LogP contribution is -2.45. The van der Waals surface area contributed by atoms with E-state index in [4.69, 9.17) is 21.1 Å². The second kappa shape index (κ2) is 6.88. The van der Waals surface area contributed by atoms with Crippen LogP contribution in [0.1, 0.15) is 13.8 Å². The van der Waals surface area contributed by atoms with Crippen molar-refractivity contribution in [3.05, 3.63) is 39.8 Å². The van der Waals surface area contributed by atoms with Gasteiger partial charge in [0.15, 0.2) is 5.60 Å². The van der Waals surface area contributed by atoms with Crippen molar-refractivity contribution in [2.45, 2.75) is 24.3 Å². The number of fused-ring (bicyclic) bond motifs is 1. The van der Waals surface area contributed by atoms with Gasteiger partial charge in [-0.05, 0) is 38.1 Å². The van der Waals surface area contributed by atoms with Crippen molar-refractivity contribution < 1.29 is 22.7 Å². The molecule has 2 aromatic carbocycles. The van der Waals surface area contributed by atoms with Gasteiger partial charge in [0.25, 0.3) is 15.9 Å². The molecule has 1 heterocycles. The van der Waals surface area contributed by atoms with Gasteiger partial charge in [0, 0.05) is 10.5 Å². The normalized spacial score (nSPS) is 15.4. The van der Waals surface area contributed by atoms with Crippen LogP contribution < -0.4 is 19.5 Å². The first kappa shape index (κ1) is 19.8. The van der Waals surface area contributed by atoms with Gasteiger partial charge in [0.1, 0.15) is 16.4 Å². The molecule has 0 bridgehead atoms. The van der Waals surface area contributed by atoms with Gasteiger partial charge >= 0.3 is 0 Å². The average Bonchev–Trinajstić information content (AvgIpc) is 2.57. The molecule has 1 aliphatic heterocycles. The quantitative estimate of drug-likeness (QED) is 0.696. The molecule has 0 saturated heterocycles. The molecule has 0 radical (unpaired) electrons. The van der Waals surface area contributed by atoms with E-state index in [1.54, 1.807) is 19.9 Å². The van der Waals surface area contributed by atoms with Crippen LogP contribution in [0.5, 0.6) is 11.5 Å². The fourth-order valence-electron chi connectivity index (χ4n) is 2.47. The topological polar surface area (TPSA) is 93.7 Å². The Morgan fingerprint density at radius 1 is 1.26 bits per heavy atom. The van der Waals surface area contributed by atoms with E-state index in [0.717, 1.165) is 0 Å². The molecule has 0 aliphatic carbocycles. The van der Waals surface area contributed by atoms with Crippen LogP contribution in [-0.2, 0) is 14.8 Å². The van der Waals surface area contributed by atoms with Crippen molar-refractivity contribution in [2.75, 3.05) is 17.1 Å². The van der Waals surface area contributed by atoms with Gasteiger partial charge < -0.3 is 14.8 Å². The number of ether oxygens (including phenoxy) is 2. The zero-order valence-corrected chi connectivity index (χ0v) is 17.8. The highest BCUT2D eigenvalue weighted by Gasteiger charge is 2.36. The molecule has 0 saturated carbocycles. The molecular formula is C17H16BrClN2O5S. The van der Waals surface area contributed by atoms with E-state index in [9.17, 15) is 13.2 Å². The number of hydrogen-bond acceptors (Lipinski definition) is 5. The van der Waals surface area contributed by atoms with Crippen LogP contribution in [0.25, 0.3) is 0 Å². The SMILES string of the molecule is COc1ccc(Br)cc1S(=O)(=O)Nc1cc2c(cc1Cl)NC(=O)C(C)(C)O2. The molecule has 7 nitrogen and oxygen atoms in total. The Balaban J connectivity index is 2.01. The third kappa shape index (κ3) is 3.85. The number of benzene rings is 2. The molecule has 1 aliphatic rings. The van der Waals surface area contributed by atoms with E-state index < -0.39 is 15.6 Å². The highest BCUT2D eigenvalue weighted by Crippen LogP contribution is 2.40. The molecular weight excluding hydrogens is 460 g/mol. The lowest BCUT2D eigenvalue weighted by molar-refractivity contribution is -0.129. The maximum atomic E-state index is 12.9. The number of carbonyl (C=O) groups is 1. The Bertz CT molecular complexity index is 1040. The minimum atomic E-state index is -4.00. The number of nitrogens with one attached hydrogen (secondary N) is 2. The van der Waals surface area contributed by atoms with Crippen molar-refractivity contribution in [3.8, 4) is 11.5 Å². The summed E-state index contributed by atoms with van der Waals surface area (Å²) < 4.78 is 39.5. The summed E-state index contributed by atoms with van der Waals surface area (Å²) in [5.74, 6) is 0.172. The third-order valence-corrected chi connectivity index (χ3v) is 6.08. The minimum absolute atomic E-state index is 0.0530. The summed E-state index contributed by atoms with van der Waals surface area (Å²) in [6.07, 6.45) is 0. The average molecular weight is 476 g/mol. The molecule has 0 atom stereocenters. The molecule has 0 spiro atoms. The molecule has 0 fully saturated rings. The Kier molecular flexibility index (Phi) is 5.04. The van der Waals surface area contributed by atoms with Crippen molar-refractivity contribution in [2.24, 2.45) is 0 Å². The van der Waals surface area contributed by atoms with Gasteiger partial charge in [-0.15, -0.1) is 0 Å². The summed E-state index contributed by atoms with van der Waals surface area (Å²) in [5, 5.41) is 2.79. The summed E-state index contributed by atoms with van der Waals surface area (Å²) in [5.41, 5.74) is -0.610. The summed E-state index contributed by atoms with van der Waals surface area (Å²) in [4.78, 5) is 11.9. The maximum Gasteiger partial charge on any atom is 0.268 e. The van der Waals surface area contributed by atoms with Crippen LogP contribution in [-0.4, -0.2) is 27.0 Å². The molecule has 2 N–H and O–H groups in total. The second-order valence-electron chi connectivity index (χ2n) is 6.30. The molecule has 27 heavy (non-hydrogen) atoms. The number of anilines is 2. The fraction of sp³-hybridized carbons (Fsp3) is 0.235. The zero-order valence-electron chi connectivity index (χ0n) is 14.6. The van der Waals surface area contributed by atoms with E-state index >= 15 is 0 Å². The largest absolute Gasteiger partial charge is 0.495 e. The minimum Gasteiger partial charge on any atom is -0.495 e. The van der Waals surface area contributed by atoms with E-state index in [1.165, 1.54) is 31.4 Å². The molecule has 0 unspecified atom stereocenters. The van der Waals surface area contributed by atoms with Crippen LogP contribution in [0, 0.1) is 0 Å². The number of halogens is 2. The lowest BCUT2D eigenvalue weighted by atomic mass is 10.1. The van der Waals surface area contributed by atoms with Crippen molar-refractivity contribution in [1.29, 1.82) is 0 Å². The predicted molar refractivity (Wildman–Crippen MR) is 106 cm³/mol. The van der Waals surface area contributed by atoms with Gasteiger partial charge in [-0.3, -0.25) is 9.52 Å². The number of amides is 1. The van der Waals surface area contributed by atoms with Crippen LogP contribution in [0.15, 0.2) is 39.7 Å². The Morgan fingerprint density at radius 2 is 1.96 bits per heavy atom. The third-order valence-electron chi connectivity index (χ3n) is 3.89.